The average molecular weight is 275 g/mol. The number of hydrogen-bond donors (Lipinski definition) is 1. The van der Waals surface area contributed by atoms with E-state index in [1.807, 2.05) is 16.7 Å². The van der Waals surface area contributed by atoms with E-state index in [9.17, 15) is 4.79 Å². The third-order valence-corrected chi connectivity index (χ3v) is 4.06. The number of aromatic nitrogens is 4. The molecule has 0 radical (unpaired) electrons. The van der Waals surface area contributed by atoms with Crippen molar-refractivity contribution in [2.45, 2.75) is 25.3 Å². The molecule has 4 rings (SSSR count). The Labute approximate surface area is 113 Å². The first kappa shape index (κ1) is 11.0. The van der Waals surface area contributed by atoms with E-state index in [1.165, 1.54) is 6.42 Å². The lowest BCUT2D eigenvalue weighted by atomic mass is 9.93. The van der Waals surface area contributed by atoms with Gasteiger partial charge in [-0.25, -0.2) is 4.79 Å². The lowest BCUT2D eigenvalue weighted by molar-refractivity contribution is 0.314. The molecule has 0 atom stereocenters. The number of nitrogens with zero attached hydrogens (tertiary/aromatic N) is 3. The van der Waals surface area contributed by atoms with Crippen LogP contribution in [0.3, 0.4) is 0 Å². The minimum absolute atomic E-state index is 0.110. The lowest BCUT2D eigenvalue weighted by Gasteiger charge is -2.26. The highest BCUT2D eigenvalue weighted by Gasteiger charge is 2.25. The second-order valence-corrected chi connectivity index (χ2v) is 5.38. The van der Waals surface area contributed by atoms with Crippen LogP contribution in [-0.2, 0) is 0 Å². The molecular formula is C13H11ClN4O. The van der Waals surface area contributed by atoms with Crippen LogP contribution in [-0.4, -0.2) is 19.7 Å². The van der Waals surface area contributed by atoms with Gasteiger partial charge in [-0.1, -0.05) is 11.6 Å². The SMILES string of the molecule is O=c1[nH]c2nnc3ccc(Cl)cc3c2n1C1CCC1. The number of hydrogen-bond acceptors (Lipinski definition) is 3. The lowest BCUT2D eigenvalue weighted by Crippen LogP contribution is -2.26. The second-order valence-electron chi connectivity index (χ2n) is 4.94. The number of fused-ring (bicyclic) bond motifs is 3. The van der Waals surface area contributed by atoms with Gasteiger partial charge in [-0.2, -0.15) is 0 Å². The Bertz CT molecular complexity index is 847. The summed E-state index contributed by atoms with van der Waals surface area (Å²) in [5, 5.41) is 9.72. The van der Waals surface area contributed by atoms with Crippen molar-refractivity contribution in [3.8, 4) is 0 Å². The van der Waals surface area contributed by atoms with Gasteiger partial charge in [0.15, 0.2) is 5.65 Å². The molecular weight excluding hydrogens is 264 g/mol. The average Bonchev–Trinajstić information content (AvgIpc) is 2.65. The zero-order valence-corrected chi connectivity index (χ0v) is 10.8. The summed E-state index contributed by atoms with van der Waals surface area (Å²) in [5.41, 5.74) is 2.00. The van der Waals surface area contributed by atoms with Crippen molar-refractivity contribution in [2.24, 2.45) is 0 Å². The molecule has 0 aliphatic heterocycles. The normalized spacial score (nSPS) is 16.1. The number of H-pyrrole nitrogens is 1. The fourth-order valence-corrected chi connectivity index (χ4v) is 2.82. The molecule has 0 spiro atoms. The maximum Gasteiger partial charge on any atom is 0.327 e. The van der Waals surface area contributed by atoms with Crippen LogP contribution in [0.1, 0.15) is 25.3 Å². The number of aromatic amines is 1. The van der Waals surface area contributed by atoms with E-state index in [4.69, 9.17) is 11.6 Å². The van der Waals surface area contributed by atoms with E-state index in [0.29, 0.717) is 10.7 Å². The maximum atomic E-state index is 12.1. The third-order valence-electron chi connectivity index (χ3n) is 3.82. The molecule has 0 amide bonds. The summed E-state index contributed by atoms with van der Waals surface area (Å²) in [5.74, 6) is 0. The molecule has 1 fully saturated rings. The summed E-state index contributed by atoms with van der Waals surface area (Å²) >= 11 is 6.06. The van der Waals surface area contributed by atoms with Crippen LogP contribution in [0.2, 0.25) is 5.02 Å². The summed E-state index contributed by atoms with van der Waals surface area (Å²) in [6.07, 6.45) is 3.25. The molecule has 1 saturated carbocycles. The van der Waals surface area contributed by atoms with Crippen LogP contribution in [0.5, 0.6) is 0 Å². The smallest absolute Gasteiger partial charge is 0.289 e. The largest absolute Gasteiger partial charge is 0.327 e. The summed E-state index contributed by atoms with van der Waals surface area (Å²) in [7, 11) is 0. The number of benzene rings is 1. The Morgan fingerprint density at radius 1 is 1.32 bits per heavy atom. The molecule has 0 unspecified atom stereocenters. The number of rotatable bonds is 1. The zero-order valence-electron chi connectivity index (χ0n) is 10.1. The van der Waals surface area contributed by atoms with Crippen molar-refractivity contribution >= 4 is 33.7 Å². The first-order chi connectivity index (χ1) is 9.24. The number of nitrogens with one attached hydrogen (secondary N) is 1. The summed E-state index contributed by atoms with van der Waals surface area (Å²) < 4.78 is 1.81. The van der Waals surface area contributed by atoms with Gasteiger partial charge >= 0.3 is 5.69 Å². The van der Waals surface area contributed by atoms with Gasteiger partial charge in [0.25, 0.3) is 0 Å². The second kappa shape index (κ2) is 3.81. The molecule has 0 saturated heterocycles. The van der Waals surface area contributed by atoms with Gasteiger partial charge in [-0.15, -0.1) is 10.2 Å². The summed E-state index contributed by atoms with van der Waals surface area (Å²) in [6, 6.07) is 5.72. The first-order valence-corrected chi connectivity index (χ1v) is 6.68. The van der Waals surface area contributed by atoms with Crippen LogP contribution < -0.4 is 5.69 Å². The van der Waals surface area contributed by atoms with E-state index in [0.717, 1.165) is 29.3 Å². The van der Waals surface area contributed by atoms with Crippen LogP contribution >= 0.6 is 11.6 Å². The fraction of sp³-hybridized carbons (Fsp3) is 0.308. The van der Waals surface area contributed by atoms with E-state index in [1.54, 1.807) is 6.07 Å². The molecule has 6 heteroatoms. The molecule has 19 heavy (non-hydrogen) atoms. The first-order valence-electron chi connectivity index (χ1n) is 6.30. The van der Waals surface area contributed by atoms with Crippen molar-refractivity contribution in [3.63, 3.8) is 0 Å². The predicted molar refractivity (Wildman–Crippen MR) is 73.6 cm³/mol. The van der Waals surface area contributed by atoms with Crippen molar-refractivity contribution in [1.29, 1.82) is 0 Å². The van der Waals surface area contributed by atoms with Gasteiger partial charge in [0.2, 0.25) is 0 Å². The molecule has 2 aromatic heterocycles. The molecule has 1 aliphatic carbocycles. The molecule has 1 aliphatic rings. The van der Waals surface area contributed by atoms with Gasteiger partial charge in [-0.3, -0.25) is 9.55 Å². The maximum absolute atomic E-state index is 12.1. The van der Waals surface area contributed by atoms with Crippen molar-refractivity contribution in [3.05, 3.63) is 33.7 Å². The van der Waals surface area contributed by atoms with Gasteiger partial charge in [-0.05, 0) is 37.5 Å². The number of imidazole rings is 1. The monoisotopic (exact) mass is 274 g/mol. The molecule has 0 bridgehead atoms. The van der Waals surface area contributed by atoms with Crippen LogP contribution in [0, 0.1) is 0 Å². The highest BCUT2D eigenvalue weighted by molar-refractivity contribution is 6.31. The minimum atomic E-state index is -0.110. The van der Waals surface area contributed by atoms with Crippen LogP contribution in [0.4, 0.5) is 0 Å². The Hall–Kier alpha value is -1.88. The minimum Gasteiger partial charge on any atom is -0.289 e. The van der Waals surface area contributed by atoms with Crippen LogP contribution in [0.25, 0.3) is 22.1 Å². The molecule has 2 heterocycles. The van der Waals surface area contributed by atoms with Gasteiger partial charge in [0.1, 0.15) is 5.52 Å². The fourth-order valence-electron chi connectivity index (χ4n) is 2.65. The Morgan fingerprint density at radius 3 is 2.89 bits per heavy atom. The Kier molecular flexibility index (Phi) is 2.20. The van der Waals surface area contributed by atoms with Crippen molar-refractivity contribution < 1.29 is 0 Å². The molecule has 3 aromatic rings. The summed E-state index contributed by atoms with van der Waals surface area (Å²) in [4.78, 5) is 14.9. The topological polar surface area (TPSA) is 63.6 Å². The van der Waals surface area contributed by atoms with Crippen molar-refractivity contribution in [2.75, 3.05) is 0 Å². The van der Waals surface area contributed by atoms with E-state index >= 15 is 0 Å². The third kappa shape index (κ3) is 1.51. The van der Waals surface area contributed by atoms with E-state index in [-0.39, 0.29) is 11.7 Å². The van der Waals surface area contributed by atoms with Crippen LogP contribution in [0.15, 0.2) is 23.0 Å². The molecule has 5 nitrogen and oxygen atoms in total. The van der Waals surface area contributed by atoms with Gasteiger partial charge in [0, 0.05) is 16.5 Å². The predicted octanol–water partition coefficient (Wildman–Crippen LogP) is 2.65. The quantitative estimate of drug-likeness (QED) is 0.742. The Morgan fingerprint density at radius 2 is 2.16 bits per heavy atom. The molecule has 1 aromatic carbocycles. The van der Waals surface area contributed by atoms with E-state index < -0.39 is 0 Å². The standard InChI is InChI=1S/C13H11ClN4O/c14-7-4-5-10-9(6-7)11-12(17-16-10)15-13(19)18(11)8-2-1-3-8/h4-6,8H,1-3H2,(H,15,17,19). The van der Waals surface area contributed by atoms with Gasteiger partial charge in [0.05, 0.1) is 5.52 Å². The molecule has 1 N–H and O–H groups in total. The Balaban J connectivity index is 2.18. The molecule has 96 valence electrons. The van der Waals surface area contributed by atoms with Crippen molar-refractivity contribution in [1.82, 2.24) is 19.7 Å². The highest BCUT2D eigenvalue weighted by Crippen LogP contribution is 2.34. The number of halogens is 1. The summed E-state index contributed by atoms with van der Waals surface area (Å²) in [6.45, 7) is 0. The van der Waals surface area contributed by atoms with E-state index in [2.05, 4.69) is 15.2 Å². The zero-order chi connectivity index (χ0) is 13.0. The highest BCUT2D eigenvalue weighted by atomic mass is 35.5. The van der Waals surface area contributed by atoms with Gasteiger partial charge < -0.3 is 0 Å².